The number of rotatable bonds is 2. The van der Waals surface area contributed by atoms with Gasteiger partial charge in [0.05, 0.1) is 0 Å². The first-order valence-corrected chi connectivity index (χ1v) is 6.12. The van der Waals surface area contributed by atoms with Crippen LogP contribution in [0.5, 0.6) is 0 Å². The van der Waals surface area contributed by atoms with Crippen molar-refractivity contribution in [2.24, 2.45) is 5.92 Å². The fraction of sp³-hybridized carbons (Fsp3) is 0.538. The van der Waals surface area contributed by atoms with Gasteiger partial charge in [-0.1, -0.05) is 6.07 Å². The summed E-state index contributed by atoms with van der Waals surface area (Å²) in [6, 6.07) is 4.25. The Labute approximate surface area is 102 Å². The lowest BCUT2D eigenvalue weighted by molar-refractivity contribution is -0.120. The highest BCUT2D eigenvalue weighted by Gasteiger charge is 2.25. The van der Waals surface area contributed by atoms with Gasteiger partial charge in [0.25, 0.3) is 0 Å². The molecule has 1 saturated heterocycles. The van der Waals surface area contributed by atoms with Gasteiger partial charge in [-0.2, -0.15) is 0 Å². The molecule has 0 aliphatic carbocycles. The molecular formula is C13H19N3O. The van der Waals surface area contributed by atoms with E-state index in [-0.39, 0.29) is 11.8 Å². The Morgan fingerprint density at radius 1 is 1.59 bits per heavy atom. The van der Waals surface area contributed by atoms with E-state index in [9.17, 15) is 4.79 Å². The maximum atomic E-state index is 12.1. The second-order valence-electron chi connectivity index (χ2n) is 4.73. The van der Waals surface area contributed by atoms with E-state index < -0.39 is 0 Å². The molecule has 0 saturated carbocycles. The Morgan fingerprint density at radius 2 is 2.41 bits per heavy atom. The van der Waals surface area contributed by atoms with E-state index in [0.29, 0.717) is 11.9 Å². The number of hydrogen-bond donors (Lipinski definition) is 2. The predicted molar refractivity (Wildman–Crippen MR) is 67.8 cm³/mol. The van der Waals surface area contributed by atoms with Crippen LogP contribution in [0.15, 0.2) is 18.3 Å². The van der Waals surface area contributed by atoms with E-state index >= 15 is 0 Å². The number of carbonyl (C=O) groups is 1. The lowest BCUT2D eigenvalue weighted by Crippen LogP contribution is -2.40. The molecule has 1 aliphatic rings. The highest BCUT2D eigenvalue weighted by molar-refractivity contribution is 5.92. The lowest BCUT2D eigenvalue weighted by Gasteiger charge is -2.27. The smallest absolute Gasteiger partial charge is 0.228 e. The van der Waals surface area contributed by atoms with Gasteiger partial charge in [-0.3, -0.25) is 4.79 Å². The molecule has 92 valence electrons. The summed E-state index contributed by atoms with van der Waals surface area (Å²) < 4.78 is 0. The van der Waals surface area contributed by atoms with Crippen molar-refractivity contribution in [2.45, 2.75) is 32.7 Å². The van der Waals surface area contributed by atoms with Crippen LogP contribution in [-0.2, 0) is 4.79 Å². The molecule has 1 aromatic rings. The zero-order chi connectivity index (χ0) is 12.3. The van der Waals surface area contributed by atoms with Crippen molar-refractivity contribution in [3.8, 4) is 0 Å². The quantitative estimate of drug-likeness (QED) is 0.817. The molecule has 2 N–H and O–H groups in total. The molecule has 2 heterocycles. The Bertz CT molecular complexity index is 405. The summed E-state index contributed by atoms with van der Waals surface area (Å²) in [6.45, 7) is 4.99. The van der Waals surface area contributed by atoms with Crippen LogP contribution in [0.4, 0.5) is 5.82 Å². The van der Waals surface area contributed by atoms with Crippen LogP contribution in [0.3, 0.4) is 0 Å². The Balaban J connectivity index is 1.99. The van der Waals surface area contributed by atoms with Gasteiger partial charge in [0.1, 0.15) is 5.82 Å². The molecule has 2 atom stereocenters. The predicted octanol–water partition coefficient (Wildman–Crippen LogP) is 1.72. The Morgan fingerprint density at radius 3 is 3.12 bits per heavy atom. The van der Waals surface area contributed by atoms with Crippen LogP contribution in [0.2, 0.25) is 0 Å². The standard InChI is InChI=1S/C13H19N3O/c1-9-4-3-6-15-12(9)16-13(17)11-5-7-14-10(2)8-11/h3-4,6,10-11,14H,5,7-8H2,1-2H3,(H,15,16,17). The summed E-state index contributed by atoms with van der Waals surface area (Å²) in [7, 11) is 0. The third-order valence-corrected chi connectivity index (χ3v) is 3.25. The Kier molecular flexibility index (Phi) is 3.74. The Hall–Kier alpha value is -1.42. The topological polar surface area (TPSA) is 54.0 Å². The minimum atomic E-state index is 0.0974. The number of nitrogens with one attached hydrogen (secondary N) is 2. The average molecular weight is 233 g/mol. The maximum absolute atomic E-state index is 12.1. The number of pyridine rings is 1. The van der Waals surface area contributed by atoms with Crippen molar-refractivity contribution in [1.82, 2.24) is 10.3 Å². The van der Waals surface area contributed by atoms with Gasteiger partial charge in [-0.15, -0.1) is 0 Å². The average Bonchev–Trinajstić information content (AvgIpc) is 2.32. The van der Waals surface area contributed by atoms with Crippen molar-refractivity contribution in [3.05, 3.63) is 23.9 Å². The molecule has 1 fully saturated rings. The molecule has 0 spiro atoms. The van der Waals surface area contributed by atoms with Crippen LogP contribution in [0.25, 0.3) is 0 Å². The minimum absolute atomic E-state index is 0.0974. The van der Waals surface area contributed by atoms with E-state index in [4.69, 9.17) is 0 Å². The highest BCUT2D eigenvalue weighted by atomic mass is 16.1. The monoisotopic (exact) mass is 233 g/mol. The van der Waals surface area contributed by atoms with Crippen molar-refractivity contribution >= 4 is 11.7 Å². The van der Waals surface area contributed by atoms with Gasteiger partial charge in [0.15, 0.2) is 0 Å². The molecule has 1 aliphatic heterocycles. The molecule has 1 aromatic heterocycles. The van der Waals surface area contributed by atoms with Gasteiger partial charge >= 0.3 is 0 Å². The van der Waals surface area contributed by atoms with Crippen LogP contribution < -0.4 is 10.6 Å². The second kappa shape index (κ2) is 5.27. The molecule has 0 radical (unpaired) electrons. The summed E-state index contributed by atoms with van der Waals surface area (Å²) in [5.74, 6) is 0.886. The summed E-state index contributed by atoms with van der Waals surface area (Å²) in [6.07, 6.45) is 3.51. The van der Waals surface area contributed by atoms with Crippen LogP contribution in [0, 0.1) is 12.8 Å². The van der Waals surface area contributed by atoms with E-state index in [1.165, 1.54) is 0 Å². The summed E-state index contributed by atoms with van der Waals surface area (Å²) in [5, 5.41) is 6.27. The molecule has 17 heavy (non-hydrogen) atoms. The maximum Gasteiger partial charge on any atom is 0.228 e. The van der Waals surface area contributed by atoms with Gasteiger partial charge < -0.3 is 10.6 Å². The number of nitrogens with zero attached hydrogens (tertiary/aromatic N) is 1. The number of anilines is 1. The SMILES string of the molecule is Cc1cccnc1NC(=O)C1CCNC(C)C1. The van der Waals surface area contributed by atoms with Crippen LogP contribution in [-0.4, -0.2) is 23.5 Å². The summed E-state index contributed by atoms with van der Waals surface area (Å²) >= 11 is 0. The number of amides is 1. The number of hydrogen-bond acceptors (Lipinski definition) is 3. The van der Waals surface area contributed by atoms with E-state index in [1.54, 1.807) is 6.20 Å². The number of carbonyl (C=O) groups excluding carboxylic acids is 1. The van der Waals surface area contributed by atoms with E-state index in [2.05, 4.69) is 22.5 Å². The minimum Gasteiger partial charge on any atom is -0.314 e. The first-order chi connectivity index (χ1) is 8.16. The number of aromatic nitrogens is 1. The van der Waals surface area contributed by atoms with Gasteiger partial charge in [0, 0.05) is 18.2 Å². The molecule has 4 heteroatoms. The van der Waals surface area contributed by atoms with Gasteiger partial charge in [-0.25, -0.2) is 4.98 Å². The highest BCUT2D eigenvalue weighted by Crippen LogP contribution is 2.19. The summed E-state index contributed by atoms with van der Waals surface area (Å²) in [5.41, 5.74) is 1.00. The van der Waals surface area contributed by atoms with Crippen molar-refractivity contribution in [1.29, 1.82) is 0 Å². The fourth-order valence-electron chi connectivity index (χ4n) is 2.21. The van der Waals surface area contributed by atoms with Crippen molar-refractivity contribution in [2.75, 3.05) is 11.9 Å². The molecular weight excluding hydrogens is 214 g/mol. The molecule has 0 bridgehead atoms. The molecule has 1 amide bonds. The molecule has 4 nitrogen and oxygen atoms in total. The van der Waals surface area contributed by atoms with E-state index in [0.717, 1.165) is 24.9 Å². The van der Waals surface area contributed by atoms with E-state index in [1.807, 2.05) is 19.1 Å². The van der Waals surface area contributed by atoms with Gasteiger partial charge in [0.2, 0.25) is 5.91 Å². The first-order valence-electron chi connectivity index (χ1n) is 6.12. The lowest BCUT2D eigenvalue weighted by atomic mass is 9.92. The zero-order valence-electron chi connectivity index (χ0n) is 10.4. The zero-order valence-corrected chi connectivity index (χ0v) is 10.4. The first kappa shape index (κ1) is 12.0. The normalized spacial score (nSPS) is 24.4. The second-order valence-corrected chi connectivity index (χ2v) is 4.73. The third-order valence-electron chi connectivity index (χ3n) is 3.25. The summed E-state index contributed by atoms with van der Waals surface area (Å²) in [4.78, 5) is 16.3. The van der Waals surface area contributed by atoms with Crippen LogP contribution >= 0.6 is 0 Å². The number of aryl methyl sites for hydroxylation is 1. The fourth-order valence-corrected chi connectivity index (χ4v) is 2.21. The van der Waals surface area contributed by atoms with Crippen molar-refractivity contribution in [3.63, 3.8) is 0 Å². The number of piperidine rings is 1. The third kappa shape index (κ3) is 3.03. The van der Waals surface area contributed by atoms with Crippen LogP contribution in [0.1, 0.15) is 25.3 Å². The molecule has 0 aromatic carbocycles. The van der Waals surface area contributed by atoms with Gasteiger partial charge in [-0.05, 0) is 44.9 Å². The van der Waals surface area contributed by atoms with Crippen molar-refractivity contribution < 1.29 is 4.79 Å². The largest absolute Gasteiger partial charge is 0.314 e. The molecule has 2 rings (SSSR count). The molecule has 2 unspecified atom stereocenters.